The molecule has 2 unspecified atom stereocenters. The van der Waals surface area contributed by atoms with Crippen molar-refractivity contribution in [2.24, 2.45) is 5.41 Å². The van der Waals surface area contributed by atoms with E-state index in [1.807, 2.05) is 38.1 Å². The van der Waals surface area contributed by atoms with Crippen LogP contribution >= 0.6 is 0 Å². The van der Waals surface area contributed by atoms with Crippen molar-refractivity contribution >= 4 is 11.9 Å². The number of carbonyl (C=O) groups excluding carboxylic acids is 1. The normalized spacial score (nSPS) is 22.6. The van der Waals surface area contributed by atoms with Gasteiger partial charge in [0, 0.05) is 18.4 Å². The molecule has 6 heteroatoms. The highest BCUT2D eigenvalue weighted by atomic mass is 19.1. The molecular weight excluding hydrogens is 373 g/mol. The van der Waals surface area contributed by atoms with E-state index in [2.05, 4.69) is 5.32 Å². The fraction of sp³-hybridized carbons (Fsp3) is 0.391. The third-order valence-corrected chi connectivity index (χ3v) is 6.05. The number of amides is 1. The van der Waals surface area contributed by atoms with Crippen molar-refractivity contribution in [3.63, 3.8) is 0 Å². The van der Waals surface area contributed by atoms with Crippen LogP contribution in [0.4, 0.5) is 4.39 Å². The lowest BCUT2D eigenvalue weighted by molar-refractivity contribution is -0.190. The summed E-state index contributed by atoms with van der Waals surface area (Å²) in [5.74, 6) is -2.59. The number of hydrogen-bond acceptors (Lipinski definition) is 3. The number of aliphatic carboxylic acids is 1. The lowest BCUT2D eigenvalue weighted by atomic mass is 9.54. The second-order valence-corrected chi connectivity index (χ2v) is 8.10. The summed E-state index contributed by atoms with van der Waals surface area (Å²) in [6.07, 6.45) is -0.157. The SMILES string of the molecule is CCOC1CC(NC(=O)c2ccc(-c3ccc(C)cc3)cc2F)(C(=O)O)C1(C)C. The summed E-state index contributed by atoms with van der Waals surface area (Å²) in [6, 6.07) is 12.0. The van der Waals surface area contributed by atoms with E-state index in [9.17, 15) is 19.1 Å². The summed E-state index contributed by atoms with van der Waals surface area (Å²) in [5.41, 5.74) is 0.0553. The Hall–Kier alpha value is -2.73. The maximum atomic E-state index is 14.7. The number of nitrogens with one attached hydrogen (secondary N) is 1. The van der Waals surface area contributed by atoms with Gasteiger partial charge in [0.1, 0.15) is 11.4 Å². The van der Waals surface area contributed by atoms with E-state index < -0.39 is 28.6 Å². The predicted octanol–water partition coefficient (Wildman–Crippen LogP) is 4.19. The Morgan fingerprint density at radius 2 is 1.79 bits per heavy atom. The Kier molecular flexibility index (Phi) is 5.50. The second kappa shape index (κ2) is 7.59. The number of carbonyl (C=O) groups is 2. The largest absolute Gasteiger partial charge is 0.479 e. The average Bonchev–Trinajstić information content (AvgIpc) is 2.67. The standard InChI is InChI=1S/C23H26FNO4/c1-5-29-19-13-23(21(27)28,22(19,3)4)25-20(26)17-11-10-16(12-18(17)24)15-8-6-14(2)7-9-15/h6-12,19H,5,13H2,1-4H3,(H,25,26)(H,27,28). The molecule has 0 aromatic heterocycles. The second-order valence-electron chi connectivity index (χ2n) is 8.10. The number of carboxylic acid groups (broad SMARTS) is 1. The van der Waals surface area contributed by atoms with Crippen molar-refractivity contribution < 1.29 is 23.8 Å². The van der Waals surface area contributed by atoms with Gasteiger partial charge in [0.2, 0.25) is 0 Å². The van der Waals surface area contributed by atoms with Gasteiger partial charge in [-0.05, 0) is 37.1 Å². The van der Waals surface area contributed by atoms with Gasteiger partial charge < -0.3 is 15.2 Å². The average molecular weight is 399 g/mol. The van der Waals surface area contributed by atoms with Crippen molar-refractivity contribution in [1.29, 1.82) is 0 Å². The lowest BCUT2D eigenvalue weighted by Gasteiger charge is -2.58. The van der Waals surface area contributed by atoms with Gasteiger partial charge in [0.25, 0.3) is 5.91 Å². The highest BCUT2D eigenvalue weighted by Crippen LogP contribution is 2.51. The first kappa shape index (κ1) is 21.0. The summed E-state index contributed by atoms with van der Waals surface area (Å²) in [7, 11) is 0. The molecule has 154 valence electrons. The summed E-state index contributed by atoms with van der Waals surface area (Å²) >= 11 is 0. The Balaban J connectivity index is 1.85. The molecule has 0 heterocycles. The molecule has 3 rings (SSSR count). The minimum absolute atomic E-state index is 0.137. The molecule has 2 N–H and O–H groups in total. The fourth-order valence-corrected chi connectivity index (χ4v) is 3.92. The molecule has 2 atom stereocenters. The molecule has 1 aliphatic rings. The van der Waals surface area contributed by atoms with E-state index in [0.717, 1.165) is 11.1 Å². The number of halogens is 1. The van der Waals surface area contributed by atoms with Gasteiger partial charge >= 0.3 is 5.97 Å². The van der Waals surface area contributed by atoms with Crippen LogP contribution in [0, 0.1) is 18.2 Å². The monoisotopic (exact) mass is 399 g/mol. The van der Waals surface area contributed by atoms with Gasteiger partial charge in [0.05, 0.1) is 11.7 Å². The third kappa shape index (κ3) is 3.53. The van der Waals surface area contributed by atoms with E-state index >= 15 is 0 Å². The van der Waals surface area contributed by atoms with Crippen molar-refractivity contribution in [3.8, 4) is 11.1 Å². The zero-order valence-electron chi connectivity index (χ0n) is 17.1. The Morgan fingerprint density at radius 3 is 2.31 bits per heavy atom. The minimum Gasteiger partial charge on any atom is -0.479 e. The van der Waals surface area contributed by atoms with E-state index in [1.165, 1.54) is 12.1 Å². The zero-order chi connectivity index (χ0) is 21.4. The molecule has 2 aromatic rings. The summed E-state index contributed by atoms with van der Waals surface area (Å²) < 4.78 is 20.3. The molecular formula is C23H26FNO4. The number of rotatable bonds is 6. The van der Waals surface area contributed by atoms with E-state index in [4.69, 9.17) is 4.74 Å². The van der Waals surface area contributed by atoms with Gasteiger partial charge in [-0.15, -0.1) is 0 Å². The molecule has 2 aromatic carbocycles. The third-order valence-electron chi connectivity index (χ3n) is 6.05. The molecule has 1 fully saturated rings. The quantitative estimate of drug-likeness (QED) is 0.764. The van der Waals surface area contributed by atoms with Crippen LogP contribution in [0.1, 0.15) is 43.1 Å². The first-order chi connectivity index (χ1) is 13.6. The highest BCUT2D eigenvalue weighted by molar-refractivity contribution is 5.99. The molecule has 0 saturated heterocycles. The maximum Gasteiger partial charge on any atom is 0.330 e. The lowest BCUT2D eigenvalue weighted by Crippen LogP contribution is -2.76. The zero-order valence-corrected chi connectivity index (χ0v) is 17.1. The maximum absolute atomic E-state index is 14.7. The summed E-state index contributed by atoms with van der Waals surface area (Å²) in [4.78, 5) is 24.8. The molecule has 0 spiro atoms. The number of ether oxygens (including phenoxy) is 1. The van der Waals surface area contributed by atoms with Crippen LogP contribution in [0.25, 0.3) is 11.1 Å². The number of benzene rings is 2. The molecule has 0 radical (unpaired) electrons. The predicted molar refractivity (Wildman–Crippen MR) is 108 cm³/mol. The number of aryl methyl sites for hydroxylation is 1. The van der Waals surface area contributed by atoms with Gasteiger partial charge in [-0.25, -0.2) is 9.18 Å². The highest BCUT2D eigenvalue weighted by Gasteiger charge is 2.66. The summed E-state index contributed by atoms with van der Waals surface area (Å²) in [5, 5.41) is 12.4. The van der Waals surface area contributed by atoms with Gasteiger partial charge in [-0.1, -0.05) is 49.7 Å². The minimum atomic E-state index is -1.51. The Morgan fingerprint density at radius 1 is 1.17 bits per heavy atom. The van der Waals surface area contributed by atoms with Crippen LogP contribution in [0.2, 0.25) is 0 Å². The van der Waals surface area contributed by atoms with Crippen molar-refractivity contribution in [2.75, 3.05) is 6.61 Å². The van der Waals surface area contributed by atoms with E-state index in [0.29, 0.717) is 12.2 Å². The van der Waals surface area contributed by atoms with Crippen LogP contribution < -0.4 is 5.32 Å². The molecule has 0 aliphatic heterocycles. The Bertz CT molecular complexity index is 938. The van der Waals surface area contributed by atoms with Gasteiger partial charge in [0.15, 0.2) is 0 Å². The molecule has 1 aliphatic carbocycles. The first-order valence-electron chi connectivity index (χ1n) is 9.66. The smallest absolute Gasteiger partial charge is 0.330 e. The topological polar surface area (TPSA) is 75.6 Å². The fourth-order valence-electron chi connectivity index (χ4n) is 3.92. The van der Waals surface area contributed by atoms with Crippen molar-refractivity contribution in [1.82, 2.24) is 5.32 Å². The van der Waals surface area contributed by atoms with Crippen molar-refractivity contribution in [2.45, 2.75) is 45.8 Å². The van der Waals surface area contributed by atoms with E-state index in [1.54, 1.807) is 19.9 Å². The summed E-state index contributed by atoms with van der Waals surface area (Å²) in [6.45, 7) is 7.73. The molecule has 1 amide bonds. The molecule has 1 saturated carbocycles. The van der Waals surface area contributed by atoms with Crippen LogP contribution in [0.5, 0.6) is 0 Å². The first-order valence-corrected chi connectivity index (χ1v) is 9.66. The van der Waals surface area contributed by atoms with Crippen LogP contribution in [-0.4, -0.2) is 35.2 Å². The van der Waals surface area contributed by atoms with Crippen LogP contribution in [-0.2, 0) is 9.53 Å². The van der Waals surface area contributed by atoms with Crippen molar-refractivity contribution in [3.05, 3.63) is 59.4 Å². The molecule has 29 heavy (non-hydrogen) atoms. The van der Waals surface area contributed by atoms with Crippen LogP contribution in [0.15, 0.2) is 42.5 Å². The number of hydrogen-bond donors (Lipinski definition) is 2. The van der Waals surface area contributed by atoms with Gasteiger partial charge in [-0.2, -0.15) is 0 Å². The van der Waals surface area contributed by atoms with E-state index in [-0.39, 0.29) is 18.1 Å². The number of carboxylic acids is 1. The Labute approximate surface area is 169 Å². The molecule has 0 bridgehead atoms. The van der Waals surface area contributed by atoms with Gasteiger partial charge in [-0.3, -0.25) is 4.79 Å². The van der Waals surface area contributed by atoms with Crippen LogP contribution in [0.3, 0.4) is 0 Å². The molecule has 5 nitrogen and oxygen atoms in total.